The second kappa shape index (κ2) is 3.94. The van der Waals surface area contributed by atoms with Crippen LogP contribution in [-0.4, -0.2) is 31.1 Å². The van der Waals surface area contributed by atoms with Gasteiger partial charge in [-0.15, -0.1) is 0 Å². The topological polar surface area (TPSA) is 51.5 Å². The summed E-state index contributed by atoms with van der Waals surface area (Å²) in [4.78, 5) is 11.8. The Labute approximate surface area is 82.2 Å². The Morgan fingerprint density at radius 2 is 2.50 bits per heavy atom. The molecular weight excluding hydrogens is 182 g/mol. The van der Waals surface area contributed by atoms with E-state index in [-0.39, 0.29) is 17.9 Å². The van der Waals surface area contributed by atoms with E-state index in [1.807, 2.05) is 6.92 Å². The summed E-state index contributed by atoms with van der Waals surface area (Å²) in [6.45, 7) is 3.25. The lowest BCUT2D eigenvalue weighted by Crippen LogP contribution is -2.51. The number of carbonyl (C=O) groups excluding carboxylic acids is 1. The van der Waals surface area contributed by atoms with Crippen molar-refractivity contribution in [3.8, 4) is 0 Å². The third kappa shape index (κ3) is 1.71. The van der Waals surface area contributed by atoms with E-state index in [9.17, 15) is 4.79 Å². The van der Waals surface area contributed by atoms with Gasteiger partial charge in [0, 0.05) is 6.54 Å². The minimum atomic E-state index is -0.283. The molecule has 2 atom stereocenters. The van der Waals surface area contributed by atoms with Crippen LogP contribution >= 0.6 is 0 Å². The summed E-state index contributed by atoms with van der Waals surface area (Å²) in [6.07, 6.45) is 1.41. The molecule has 76 valence electrons. The van der Waals surface area contributed by atoms with Crippen molar-refractivity contribution >= 4 is 5.78 Å². The number of hydrogen-bond acceptors (Lipinski definition) is 4. The van der Waals surface area contributed by atoms with Crippen molar-refractivity contribution in [2.75, 3.05) is 13.2 Å². The predicted molar refractivity (Wildman–Crippen MR) is 50.2 cm³/mol. The van der Waals surface area contributed by atoms with Crippen LogP contribution in [0.2, 0.25) is 0 Å². The van der Waals surface area contributed by atoms with Crippen LogP contribution in [0, 0.1) is 0 Å². The van der Waals surface area contributed by atoms with Crippen LogP contribution in [0.1, 0.15) is 17.5 Å². The molecule has 14 heavy (non-hydrogen) atoms. The maximum Gasteiger partial charge on any atom is 0.217 e. The minimum absolute atomic E-state index is 0.0396. The molecule has 1 aromatic heterocycles. The van der Waals surface area contributed by atoms with E-state index in [1.165, 1.54) is 6.26 Å². The number of Topliss-reactive ketones (excluding diaryl/α,β-unsaturated/α-hetero) is 1. The van der Waals surface area contributed by atoms with E-state index in [4.69, 9.17) is 9.15 Å². The first kappa shape index (κ1) is 9.43. The molecule has 0 radical (unpaired) electrons. The first-order valence-corrected chi connectivity index (χ1v) is 4.72. The summed E-state index contributed by atoms with van der Waals surface area (Å²) in [5.74, 6) is 0.349. The van der Waals surface area contributed by atoms with E-state index in [0.29, 0.717) is 18.9 Å². The lowest BCUT2D eigenvalue weighted by Gasteiger charge is -2.28. The van der Waals surface area contributed by atoms with Gasteiger partial charge in [-0.1, -0.05) is 0 Å². The summed E-state index contributed by atoms with van der Waals surface area (Å²) in [7, 11) is 0. The van der Waals surface area contributed by atoms with Gasteiger partial charge in [0.05, 0.1) is 19.0 Å². The van der Waals surface area contributed by atoms with Crippen LogP contribution in [0.4, 0.5) is 0 Å². The van der Waals surface area contributed by atoms with E-state index < -0.39 is 0 Å². The number of furan rings is 1. The molecule has 4 nitrogen and oxygen atoms in total. The Morgan fingerprint density at radius 3 is 3.14 bits per heavy atom. The van der Waals surface area contributed by atoms with Gasteiger partial charge in [-0.3, -0.25) is 4.79 Å². The molecule has 1 N–H and O–H groups in total. The maximum absolute atomic E-state index is 11.8. The predicted octanol–water partition coefficient (Wildman–Crippen LogP) is 0.839. The van der Waals surface area contributed by atoms with Crippen molar-refractivity contribution in [3.05, 3.63) is 24.2 Å². The van der Waals surface area contributed by atoms with E-state index in [1.54, 1.807) is 12.1 Å². The Hall–Kier alpha value is -1.13. The highest BCUT2D eigenvalue weighted by Crippen LogP contribution is 2.11. The van der Waals surface area contributed by atoms with Gasteiger partial charge in [-0.25, -0.2) is 0 Å². The minimum Gasteiger partial charge on any atom is -0.461 e. The highest BCUT2D eigenvalue weighted by Gasteiger charge is 2.30. The van der Waals surface area contributed by atoms with Crippen molar-refractivity contribution in [1.29, 1.82) is 0 Å². The number of hydrogen-bond donors (Lipinski definition) is 1. The molecule has 0 aliphatic carbocycles. The SMILES string of the molecule is CC1OCCNC1C(=O)c1ccco1. The van der Waals surface area contributed by atoms with E-state index in [0.717, 1.165) is 0 Å². The molecule has 2 rings (SSSR count). The van der Waals surface area contributed by atoms with Crippen molar-refractivity contribution in [3.63, 3.8) is 0 Å². The Morgan fingerprint density at radius 1 is 1.64 bits per heavy atom. The van der Waals surface area contributed by atoms with Crippen LogP contribution in [0.25, 0.3) is 0 Å². The number of ketones is 1. The number of ether oxygens (including phenoxy) is 1. The molecule has 0 amide bonds. The molecule has 1 aromatic rings. The molecule has 0 saturated carbocycles. The summed E-state index contributed by atoms with van der Waals surface area (Å²) < 4.78 is 10.4. The zero-order chi connectivity index (χ0) is 9.97. The number of rotatable bonds is 2. The molecular formula is C10H13NO3. The molecule has 2 heterocycles. The fraction of sp³-hybridized carbons (Fsp3) is 0.500. The first-order chi connectivity index (χ1) is 6.79. The Bertz CT molecular complexity index is 307. The molecule has 1 fully saturated rings. The average Bonchev–Trinajstić information content (AvgIpc) is 2.70. The largest absolute Gasteiger partial charge is 0.461 e. The van der Waals surface area contributed by atoms with Gasteiger partial charge in [0.15, 0.2) is 5.76 Å². The number of carbonyl (C=O) groups is 1. The van der Waals surface area contributed by atoms with Gasteiger partial charge in [0.2, 0.25) is 5.78 Å². The van der Waals surface area contributed by atoms with Gasteiger partial charge in [-0.2, -0.15) is 0 Å². The Kier molecular flexibility index (Phi) is 2.65. The molecule has 1 aliphatic heterocycles. The van der Waals surface area contributed by atoms with Gasteiger partial charge in [0.1, 0.15) is 6.04 Å². The van der Waals surface area contributed by atoms with Gasteiger partial charge in [0.25, 0.3) is 0 Å². The summed E-state index contributed by atoms with van der Waals surface area (Å²) >= 11 is 0. The van der Waals surface area contributed by atoms with Crippen LogP contribution in [0.3, 0.4) is 0 Å². The monoisotopic (exact) mass is 195 g/mol. The fourth-order valence-electron chi connectivity index (χ4n) is 1.60. The van der Waals surface area contributed by atoms with Crippen molar-refractivity contribution < 1.29 is 13.9 Å². The number of nitrogens with one attached hydrogen (secondary N) is 1. The quantitative estimate of drug-likeness (QED) is 0.710. The van der Waals surface area contributed by atoms with Crippen LogP contribution in [-0.2, 0) is 4.74 Å². The highest BCUT2D eigenvalue weighted by atomic mass is 16.5. The molecule has 0 bridgehead atoms. The third-order valence-corrected chi connectivity index (χ3v) is 2.36. The van der Waals surface area contributed by atoms with Crippen molar-refractivity contribution in [2.45, 2.75) is 19.1 Å². The summed E-state index contributed by atoms with van der Waals surface area (Å²) in [5, 5.41) is 3.12. The molecule has 4 heteroatoms. The second-order valence-electron chi connectivity index (χ2n) is 3.35. The normalized spacial score (nSPS) is 27.5. The molecule has 0 spiro atoms. The molecule has 1 saturated heterocycles. The summed E-state index contributed by atoms with van der Waals surface area (Å²) in [6, 6.07) is 3.10. The fourth-order valence-corrected chi connectivity index (χ4v) is 1.60. The molecule has 1 aliphatic rings. The molecule has 0 aromatic carbocycles. The van der Waals surface area contributed by atoms with Gasteiger partial charge < -0.3 is 14.5 Å². The smallest absolute Gasteiger partial charge is 0.217 e. The van der Waals surface area contributed by atoms with Gasteiger partial charge in [-0.05, 0) is 19.1 Å². The maximum atomic E-state index is 11.8. The van der Waals surface area contributed by atoms with Crippen LogP contribution < -0.4 is 5.32 Å². The van der Waals surface area contributed by atoms with E-state index >= 15 is 0 Å². The van der Waals surface area contributed by atoms with Crippen LogP contribution in [0.5, 0.6) is 0 Å². The zero-order valence-electron chi connectivity index (χ0n) is 8.03. The van der Waals surface area contributed by atoms with Gasteiger partial charge >= 0.3 is 0 Å². The van der Waals surface area contributed by atoms with Crippen molar-refractivity contribution in [1.82, 2.24) is 5.32 Å². The lowest BCUT2D eigenvalue weighted by molar-refractivity contribution is 0.0102. The third-order valence-electron chi connectivity index (χ3n) is 2.36. The average molecular weight is 195 g/mol. The number of morpholine rings is 1. The Balaban J connectivity index is 2.10. The molecule has 2 unspecified atom stereocenters. The van der Waals surface area contributed by atoms with E-state index in [2.05, 4.69) is 5.32 Å². The standard InChI is InChI=1S/C10H13NO3/c1-7-9(11-4-6-13-7)10(12)8-3-2-5-14-8/h2-3,5,7,9,11H,4,6H2,1H3. The van der Waals surface area contributed by atoms with Crippen LogP contribution in [0.15, 0.2) is 22.8 Å². The second-order valence-corrected chi connectivity index (χ2v) is 3.35. The summed E-state index contributed by atoms with van der Waals surface area (Å²) in [5.41, 5.74) is 0. The first-order valence-electron chi connectivity index (χ1n) is 4.72. The lowest BCUT2D eigenvalue weighted by atomic mass is 10.0. The van der Waals surface area contributed by atoms with Crippen molar-refractivity contribution in [2.24, 2.45) is 0 Å². The zero-order valence-corrected chi connectivity index (χ0v) is 8.03. The highest BCUT2D eigenvalue weighted by molar-refractivity contribution is 5.98.